The first-order chi connectivity index (χ1) is 15.1. The van der Waals surface area contributed by atoms with E-state index in [1.165, 1.54) is 0 Å². The van der Waals surface area contributed by atoms with E-state index in [2.05, 4.69) is 5.32 Å². The molecule has 1 aromatic heterocycles. The topological polar surface area (TPSA) is 73.1 Å². The molecule has 1 amide bonds. The number of alkyl halides is 3. The van der Waals surface area contributed by atoms with Crippen LogP contribution in [0.15, 0.2) is 52.1 Å². The van der Waals surface area contributed by atoms with Crippen molar-refractivity contribution in [2.24, 2.45) is 0 Å². The van der Waals surface area contributed by atoms with Gasteiger partial charge >= 0.3 is 11.9 Å². The summed E-state index contributed by atoms with van der Waals surface area (Å²) in [4.78, 5) is 38.4. The first-order valence-corrected chi connectivity index (χ1v) is 10.4. The lowest BCUT2D eigenvalue weighted by molar-refractivity contribution is -0.137. The van der Waals surface area contributed by atoms with Gasteiger partial charge in [0.15, 0.2) is 0 Å². The van der Waals surface area contributed by atoms with E-state index in [-0.39, 0.29) is 28.2 Å². The van der Waals surface area contributed by atoms with E-state index >= 15 is 0 Å². The molecule has 0 unspecified atom stereocenters. The Morgan fingerprint density at radius 2 is 1.78 bits per heavy atom. The molecule has 0 fully saturated rings. The second kappa shape index (κ2) is 9.60. The first kappa shape index (κ1) is 23.6. The van der Waals surface area contributed by atoms with Crippen LogP contribution in [0.3, 0.4) is 0 Å². The number of fused-ring (bicyclic) bond motifs is 1. The van der Waals surface area contributed by atoms with E-state index < -0.39 is 35.4 Å². The number of carbonyl (C=O) groups is 1. The zero-order valence-corrected chi connectivity index (χ0v) is 18.0. The molecule has 0 bridgehead atoms. The average Bonchev–Trinajstić information content (AvgIpc) is 2.74. The van der Waals surface area contributed by atoms with Crippen LogP contribution in [0, 0.1) is 0 Å². The minimum Gasteiger partial charge on any atom is -0.323 e. The van der Waals surface area contributed by atoms with Crippen LogP contribution in [0.5, 0.6) is 0 Å². The Kier molecular flexibility index (Phi) is 7.08. The molecule has 10 heteroatoms. The summed E-state index contributed by atoms with van der Waals surface area (Å²) in [7, 11) is 0. The molecule has 0 radical (unpaired) electrons. The molecule has 0 aliphatic rings. The quantitative estimate of drug-likeness (QED) is 0.513. The Labute approximate surface area is 186 Å². The highest BCUT2D eigenvalue weighted by Gasteiger charge is 2.31. The standard InChI is InChI=1S/C22H21ClF3N3O3/c1-2-3-6-11-28-20(31)15-7-4-5-8-18(15)29(21(28)32)13-19(30)27-17-12-14(22(24,25)26)9-10-16(17)23/h4-5,7-10,12H,2-3,6,11,13H2,1H3,(H,27,30). The molecule has 3 rings (SSSR count). The molecule has 3 aromatic rings. The number of hydrogen-bond donors (Lipinski definition) is 1. The fourth-order valence-electron chi connectivity index (χ4n) is 3.37. The van der Waals surface area contributed by atoms with Crippen molar-refractivity contribution in [1.82, 2.24) is 9.13 Å². The van der Waals surface area contributed by atoms with Crippen molar-refractivity contribution >= 4 is 34.1 Å². The number of nitrogens with zero attached hydrogens (tertiary/aromatic N) is 2. The van der Waals surface area contributed by atoms with E-state index in [0.29, 0.717) is 6.42 Å². The van der Waals surface area contributed by atoms with Crippen LogP contribution in [0.25, 0.3) is 10.9 Å². The maximum absolute atomic E-state index is 13.0. The number of hydrogen-bond acceptors (Lipinski definition) is 3. The van der Waals surface area contributed by atoms with Gasteiger partial charge in [-0.2, -0.15) is 13.2 Å². The predicted octanol–water partition coefficient (Wildman–Crippen LogP) is 4.66. The minimum atomic E-state index is -4.61. The van der Waals surface area contributed by atoms with Crippen LogP contribution in [0.4, 0.5) is 18.9 Å². The Morgan fingerprint density at radius 1 is 1.06 bits per heavy atom. The number of unbranched alkanes of at least 4 members (excludes halogenated alkanes) is 2. The molecule has 0 spiro atoms. The lowest BCUT2D eigenvalue weighted by Gasteiger charge is -2.15. The minimum absolute atomic E-state index is 0.0758. The normalized spacial score (nSPS) is 11.7. The van der Waals surface area contributed by atoms with E-state index in [4.69, 9.17) is 11.6 Å². The summed E-state index contributed by atoms with van der Waals surface area (Å²) in [6, 6.07) is 8.95. The molecule has 0 saturated heterocycles. The zero-order valence-electron chi connectivity index (χ0n) is 17.2. The van der Waals surface area contributed by atoms with Crippen molar-refractivity contribution in [1.29, 1.82) is 0 Å². The van der Waals surface area contributed by atoms with Crippen LogP contribution in [0.1, 0.15) is 31.7 Å². The molecular weight excluding hydrogens is 447 g/mol. The van der Waals surface area contributed by atoms with Gasteiger partial charge in [0.2, 0.25) is 5.91 Å². The highest BCUT2D eigenvalue weighted by atomic mass is 35.5. The Hall–Kier alpha value is -3.07. The number of nitrogens with one attached hydrogen (secondary N) is 1. The van der Waals surface area contributed by atoms with Gasteiger partial charge in [0.05, 0.1) is 27.2 Å². The summed E-state index contributed by atoms with van der Waals surface area (Å²) in [6.07, 6.45) is -2.26. The average molecular weight is 468 g/mol. The molecule has 32 heavy (non-hydrogen) atoms. The Bertz CT molecular complexity index is 1270. The van der Waals surface area contributed by atoms with Crippen LogP contribution in [0.2, 0.25) is 5.02 Å². The Balaban J connectivity index is 1.98. The molecule has 0 aliphatic carbocycles. The van der Waals surface area contributed by atoms with Crippen LogP contribution in [-0.4, -0.2) is 15.0 Å². The summed E-state index contributed by atoms with van der Waals surface area (Å²) >= 11 is 5.94. The summed E-state index contributed by atoms with van der Waals surface area (Å²) < 4.78 is 41.2. The van der Waals surface area contributed by atoms with Crippen molar-refractivity contribution in [3.05, 3.63) is 73.9 Å². The largest absolute Gasteiger partial charge is 0.416 e. The van der Waals surface area contributed by atoms with Crippen molar-refractivity contribution in [3.63, 3.8) is 0 Å². The summed E-state index contributed by atoms with van der Waals surface area (Å²) in [6.45, 7) is 1.70. The maximum atomic E-state index is 13.0. The lowest BCUT2D eigenvalue weighted by Crippen LogP contribution is -2.41. The molecule has 0 atom stereocenters. The van der Waals surface area contributed by atoms with Gasteiger partial charge in [-0.05, 0) is 36.8 Å². The molecule has 0 aliphatic heterocycles. The van der Waals surface area contributed by atoms with E-state index in [0.717, 1.165) is 40.2 Å². The van der Waals surface area contributed by atoms with Crippen LogP contribution in [-0.2, 0) is 24.1 Å². The second-order valence-electron chi connectivity index (χ2n) is 7.29. The third-order valence-corrected chi connectivity index (χ3v) is 5.32. The third kappa shape index (κ3) is 5.04. The molecule has 1 N–H and O–H groups in total. The smallest absolute Gasteiger partial charge is 0.323 e. The zero-order chi connectivity index (χ0) is 23.5. The molecule has 0 saturated carbocycles. The van der Waals surface area contributed by atoms with Crippen molar-refractivity contribution < 1.29 is 18.0 Å². The summed E-state index contributed by atoms with van der Waals surface area (Å²) in [5.74, 6) is -0.753. The van der Waals surface area contributed by atoms with E-state index in [1.807, 2.05) is 6.92 Å². The second-order valence-corrected chi connectivity index (χ2v) is 7.70. The van der Waals surface area contributed by atoms with Crippen molar-refractivity contribution in [2.75, 3.05) is 5.32 Å². The monoisotopic (exact) mass is 467 g/mol. The molecule has 2 aromatic carbocycles. The summed E-state index contributed by atoms with van der Waals surface area (Å²) in [5.41, 5.74) is -2.03. The van der Waals surface area contributed by atoms with Gasteiger partial charge in [-0.1, -0.05) is 43.5 Å². The number of rotatable bonds is 7. The molecular formula is C22H21ClF3N3O3. The van der Waals surface area contributed by atoms with Gasteiger partial charge in [0.1, 0.15) is 6.54 Å². The summed E-state index contributed by atoms with van der Waals surface area (Å²) in [5, 5.41) is 2.53. The number of benzene rings is 2. The van der Waals surface area contributed by atoms with E-state index in [1.54, 1.807) is 24.3 Å². The van der Waals surface area contributed by atoms with Crippen LogP contribution < -0.4 is 16.6 Å². The number of anilines is 1. The molecule has 6 nitrogen and oxygen atoms in total. The SMILES string of the molecule is CCCCCn1c(=O)c2ccccc2n(CC(=O)Nc2cc(C(F)(F)F)ccc2Cl)c1=O. The lowest BCUT2D eigenvalue weighted by atomic mass is 10.2. The van der Waals surface area contributed by atoms with Crippen LogP contribution >= 0.6 is 11.6 Å². The number of halogens is 4. The number of aromatic nitrogens is 2. The fourth-order valence-corrected chi connectivity index (χ4v) is 3.54. The fraction of sp³-hybridized carbons (Fsp3) is 0.318. The molecule has 170 valence electrons. The van der Waals surface area contributed by atoms with Gasteiger partial charge in [-0.15, -0.1) is 0 Å². The maximum Gasteiger partial charge on any atom is 0.416 e. The van der Waals surface area contributed by atoms with Gasteiger partial charge in [0, 0.05) is 6.54 Å². The molecule has 1 heterocycles. The number of carbonyl (C=O) groups excluding carboxylic acids is 1. The first-order valence-electron chi connectivity index (χ1n) is 10.0. The van der Waals surface area contributed by atoms with Gasteiger partial charge in [0.25, 0.3) is 5.56 Å². The highest BCUT2D eigenvalue weighted by molar-refractivity contribution is 6.33. The van der Waals surface area contributed by atoms with Gasteiger partial charge in [-0.3, -0.25) is 18.7 Å². The number of amides is 1. The van der Waals surface area contributed by atoms with E-state index in [9.17, 15) is 27.6 Å². The van der Waals surface area contributed by atoms with Gasteiger partial charge < -0.3 is 5.32 Å². The number of para-hydroxylation sites is 1. The van der Waals surface area contributed by atoms with Crippen molar-refractivity contribution in [2.45, 2.75) is 45.5 Å². The predicted molar refractivity (Wildman–Crippen MR) is 117 cm³/mol. The highest BCUT2D eigenvalue weighted by Crippen LogP contribution is 2.33. The third-order valence-electron chi connectivity index (χ3n) is 4.99. The van der Waals surface area contributed by atoms with Gasteiger partial charge in [-0.25, -0.2) is 4.79 Å². The Morgan fingerprint density at radius 3 is 2.47 bits per heavy atom. The van der Waals surface area contributed by atoms with Crippen molar-refractivity contribution in [3.8, 4) is 0 Å².